The van der Waals surface area contributed by atoms with Crippen molar-refractivity contribution in [3.63, 3.8) is 0 Å². The Morgan fingerprint density at radius 1 is 0.952 bits per heavy atom. The van der Waals surface area contributed by atoms with Crippen molar-refractivity contribution in [2.75, 3.05) is 52.9 Å². The molecule has 9 nitrogen and oxygen atoms in total. The van der Waals surface area contributed by atoms with Crippen molar-refractivity contribution in [1.29, 1.82) is 0 Å². The Labute approximate surface area is 256 Å². The van der Waals surface area contributed by atoms with Crippen molar-refractivity contribution in [3.8, 4) is 0 Å². The van der Waals surface area contributed by atoms with E-state index in [-0.39, 0.29) is 11.8 Å². The van der Waals surface area contributed by atoms with Crippen LogP contribution in [-0.4, -0.2) is 112 Å². The third-order valence-electron chi connectivity index (χ3n) is 7.96. The van der Waals surface area contributed by atoms with Gasteiger partial charge in [-0.15, -0.1) is 0 Å². The van der Waals surface area contributed by atoms with Crippen molar-refractivity contribution in [2.24, 2.45) is 0 Å². The summed E-state index contributed by atoms with van der Waals surface area (Å²) < 4.78 is 5.57. The molecule has 11 heteroatoms. The lowest BCUT2D eigenvalue weighted by molar-refractivity contribution is -0.111. The molecule has 0 aliphatic carbocycles. The monoisotopic (exact) mass is 619 g/mol. The minimum absolute atomic E-state index is 0.0169. The summed E-state index contributed by atoms with van der Waals surface area (Å²) in [5.41, 5.74) is 1.64. The lowest BCUT2D eigenvalue weighted by Crippen LogP contribution is -2.53. The largest absolute Gasteiger partial charge is 0.468 e. The lowest BCUT2D eigenvalue weighted by atomic mass is 9.94. The van der Waals surface area contributed by atoms with E-state index in [2.05, 4.69) is 4.90 Å². The second-order valence-corrected chi connectivity index (χ2v) is 11.6. The van der Waals surface area contributed by atoms with Crippen LogP contribution in [0.4, 0.5) is 0 Å². The maximum atomic E-state index is 13.1. The van der Waals surface area contributed by atoms with E-state index in [4.69, 9.17) is 27.6 Å². The van der Waals surface area contributed by atoms with Gasteiger partial charge in [0, 0.05) is 51.3 Å². The van der Waals surface area contributed by atoms with Crippen molar-refractivity contribution in [1.82, 2.24) is 14.7 Å². The Balaban J connectivity index is 1.41. The van der Waals surface area contributed by atoms with E-state index in [1.54, 1.807) is 30.1 Å². The van der Waals surface area contributed by atoms with Crippen LogP contribution >= 0.6 is 23.2 Å². The molecule has 1 fully saturated rings. The molecule has 4 N–H and O–H groups in total. The van der Waals surface area contributed by atoms with Crippen LogP contribution in [0.25, 0.3) is 0 Å². The van der Waals surface area contributed by atoms with Crippen LogP contribution < -0.4 is 0 Å². The smallest absolute Gasteiger partial charge is 0.253 e. The highest BCUT2D eigenvalue weighted by atomic mass is 35.5. The summed E-state index contributed by atoms with van der Waals surface area (Å²) in [7, 11) is 1.81. The summed E-state index contributed by atoms with van der Waals surface area (Å²) in [6, 6.07) is 17.6. The predicted molar refractivity (Wildman–Crippen MR) is 162 cm³/mol. The number of rotatable bonds is 13. The molecule has 228 valence electrons. The first-order chi connectivity index (χ1) is 20.2. The zero-order chi connectivity index (χ0) is 30.2. The molecule has 1 aliphatic heterocycles. The van der Waals surface area contributed by atoms with Gasteiger partial charge in [-0.1, -0.05) is 47.5 Å². The van der Waals surface area contributed by atoms with Crippen LogP contribution in [-0.2, 0) is 0 Å². The van der Waals surface area contributed by atoms with Crippen LogP contribution in [0.1, 0.15) is 40.1 Å². The van der Waals surface area contributed by atoms with Gasteiger partial charge in [-0.2, -0.15) is 0 Å². The van der Waals surface area contributed by atoms with Gasteiger partial charge < -0.3 is 34.6 Å². The quantitative estimate of drug-likeness (QED) is 0.230. The number of piperazine rings is 1. The van der Waals surface area contributed by atoms with Gasteiger partial charge in [0.25, 0.3) is 5.91 Å². The molecule has 0 radical (unpaired) electrons. The highest BCUT2D eigenvalue weighted by Crippen LogP contribution is 2.31. The minimum atomic E-state index is -1.54. The summed E-state index contributed by atoms with van der Waals surface area (Å²) in [6.07, 6.45) is -2.09. The van der Waals surface area contributed by atoms with E-state index in [0.717, 1.165) is 18.5 Å². The first kappa shape index (κ1) is 32.4. The molecule has 3 aromatic rings. The molecule has 4 rings (SSSR count). The zero-order valence-corrected chi connectivity index (χ0v) is 25.1. The number of hydrogen-bond acceptors (Lipinski definition) is 8. The molecule has 2 heterocycles. The van der Waals surface area contributed by atoms with Gasteiger partial charge >= 0.3 is 0 Å². The van der Waals surface area contributed by atoms with Crippen molar-refractivity contribution < 1.29 is 29.6 Å². The normalized spacial score (nSPS) is 18.3. The van der Waals surface area contributed by atoms with E-state index >= 15 is 0 Å². The Bertz CT molecular complexity index is 1260. The average molecular weight is 621 g/mol. The first-order valence-electron chi connectivity index (χ1n) is 14.1. The van der Waals surface area contributed by atoms with Crippen LogP contribution in [0.5, 0.6) is 0 Å². The molecular formula is C31H39Cl2N3O6. The molecule has 0 bridgehead atoms. The van der Waals surface area contributed by atoms with E-state index in [9.17, 15) is 25.2 Å². The molecule has 1 saturated heterocycles. The fourth-order valence-corrected chi connectivity index (χ4v) is 5.80. The van der Waals surface area contributed by atoms with E-state index in [1.165, 1.54) is 6.26 Å². The number of nitrogens with zero attached hydrogens (tertiary/aromatic N) is 3. The number of aliphatic hydroxyl groups excluding tert-OH is 4. The average Bonchev–Trinajstić information content (AvgIpc) is 3.55. The van der Waals surface area contributed by atoms with Gasteiger partial charge in [-0.25, -0.2) is 0 Å². The van der Waals surface area contributed by atoms with Gasteiger partial charge in [0.1, 0.15) is 24.1 Å². The Kier molecular flexibility index (Phi) is 11.8. The van der Waals surface area contributed by atoms with Gasteiger partial charge in [0.05, 0.1) is 29.0 Å². The molecule has 5 atom stereocenters. The number of likely N-dealkylation sites (N-methyl/N-ethyl adjacent to an activating group) is 1. The highest BCUT2D eigenvalue weighted by molar-refractivity contribution is 6.42. The van der Waals surface area contributed by atoms with Crippen molar-refractivity contribution in [2.45, 2.75) is 36.7 Å². The topological polar surface area (TPSA) is 121 Å². The minimum Gasteiger partial charge on any atom is -0.468 e. The van der Waals surface area contributed by atoms with Crippen LogP contribution in [0, 0.1) is 0 Å². The van der Waals surface area contributed by atoms with Crippen LogP contribution in [0.3, 0.4) is 0 Å². The summed E-state index contributed by atoms with van der Waals surface area (Å²) in [4.78, 5) is 19.2. The predicted octanol–water partition coefficient (Wildman–Crippen LogP) is 3.27. The SMILES string of the molecule is CN(C[C@@H](CCN1CCN(C(c2ccco2)[C@H](O)[C@@H](O)[C@H](O)CO)CC1)c1ccc(Cl)c(Cl)c1)C(=O)c1ccccc1. The van der Waals surface area contributed by atoms with Gasteiger partial charge in [0.2, 0.25) is 0 Å². The van der Waals surface area contributed by atoms with E-state index in [1.807, 2.05) is 47.4 Å². The van der Waals surface area contributed by atoms with Gasteiger partial charge in [-0.3, -0.25) is 9.69 Å². The fraction of sp³-hybridized carbons (Fsp3) is 0.452. The summed E-state index contributed by atoms with van der Waals surface area (Å²) in [6.45, 7) is 3.20. The molecule has 1 aromatic heterocycles. The van der Waals surface area contributed by atoms with Crippen molar-refractivity contribution in [3.05, 3.63) is 93.9 Å². The fourth-order valence-electron chi connectivity index (χ4n) is 5.49. The molecule has 42 heavy (non-hydrogen) atoms. The third kappa shape index (κ3) is 8.12. The number of carbonyl (C=O) groups excluding carboxylic acids is 1. The Morgan fingerprint density at radius 3 is 2.29 bits per heavy atom. The number of carbonyl (C=O) groups is 1. The van der Waals surface area contributed by atoms with E-state index < -0.39 is 31.0 Å². The van der Waals surface area contributed by atoms with Gasteiger partial charge in [-0.05, 0) is 54.9 Å². The molecule has 0 spiro atoms. The molecule has 1 amide bonds. The molecule has 0 saturated carbocycles. The number of amides is 1. The van der Waals surface area contributed by atoms with Crippen molar-refractivity contribution >= 4 is 29.1 Å². The molecule has 2 aromatic carbocycles. The summed E-state index contributed by atoms with van der Waals surface area (Å²) in [5.74, 6) is 0.444. The lowest BCUT2D eigenvalue weighted by Gasteiger charge is -2.41. The maximum Gasteiger partial charge on any atom is 0.253 e. The number of halogens is 2. The Morgan fingerprint density at radius 2 is 1.67 bits per heavy atom. The van der Waals surface area contributed by atoms with E-state index in [0.29, 0.717) is 54.1 Å². The number of aliphatic hydroxyl groups is 4. The first-order valence-corrected chi connectivity index (χ1v) is 14.9. The molecular weight excluding hydrogens is 581 g/mol. The number of furan rings is 1. The second kappa shape index (κ2) is 15.3. The Hall–Kier alpha value is -2.47. The molecule has 1 unspecified atom stereocenters. The maximum absolute atomic E-state index is 13.1. The van der Waals surface area contributed by atoms with Gasteiger partial charge in [0.15, 0.2) is 0 Å². The number of benzene rings is 2. The standard InChI is InChI=1S/C31H39Cl2N3O6/c1-34(31(41)21-6-3-2-4-7-21)19-23(22-9-10-24(32)25(33)18-22)11-12-35-13-15-36(16-14-35)28(27-8-5-17-42-27)30(40)29(39)26(38)20-37/h2-10,17-18,23,26,28-30,37-40H,11-16,19-20H2,1H3/t23-,26-,28?,29+,30+/m1/s1. The van der Waals surface area contributed by atoms with Crippen LogP contribution in [0.2, 0.25) is 10.0 Å². The third-order valence-corrected chi connectivity index (χ3v) is 8.70. The zero-order valence-electron chi connectivity index (χ0n) is 23.6. The summed E-state index contributed by atoms with van der Waals surface area (Å²) >= 11 is 12.6. The van der Waals surface area contributed by atoms with Crippen LogP contribution in [0.15, 0.2) is 71.3 Å². The highest BCUT2D eigenvalue weighted by Gasteiger charge is 2.38. The number of hydrogen-bond donors (Lipinski definition) is 4. The molecule has 1 aliphatic rings. The summed E-state index contributed by atoms with van der Waals surface area (Å²) in [5, 5.41) is 41.5. The second-order valence-electron chi connectivity index (χ2n) is 10.8.